The Morgan fingerprint density at radius 2 is 1.95 bits per heavy atom. The van der Waals surface area contributed by atoms with Crippen LogP contribution in [0.15, 0.2) is 0 Å². The van der Waals surface area contributed by atoms with E-state index in [0.717, 1.165) is 7.11 Å². The highest BCUT2D eigenvalue weighted by atomic mass is 19.1. The Balaban J connectivity index is 4.10. The zero-order valence-corrected chi connectivity index (χ0v) is 11.3. The maximum Gasteiger partial charge on any atom is 0.341 e. The third kappa shape index (κ3) is 6.79. The number of methoxy groups -OCH3 is 1. The van der Waals surface area contributed by atoms with E-state index in [1.807, 2.05) is 0 Å². The van der Waals surface area contributed by atoms with E-state index in [1.165, 1.54) is 0 Å². The van der Waals surface area contributed by atoms with Gasteiger partial charge in [0.2, 0.25) is 6.17 Å². The van der Waals surface area contributed by atoms with Crippen molar-refractivity contribution in [2.75, 3.05) is 13.7 Å². The van der Waals surface area contributed by atoms with Gasteiger partial charge in [0.1, 0.15) is 12.8 Å². The van der Waals surface area contributed by atoms with Crippen molar-refractivity contribution in [3.63, 3.8) is 0 Å². The van der Waals surface area contributed by atoms with E-state index in [0.29, 0.717) is 0 Å². The fraction of sp³-hybridized carbons (Fsp3) is 0.643. The molecule has 0 aromatic carbocycles. The van der Waals surface area contributed by atoms with Crippen LogP contribution >= 0.6 is 0 Å². The van der Waals surface area contributed by atoms with Crippen LogP contribution in [-0.4, -0.2) is 37.6 Å². The van der Waals surface area contributed by atoms with Crippen molar-refractivity contribution in [2.24, 2.45) is 0 Å². The lowest BCUT2D eigenvalue weighted by Gasteiger charge is -2.26. The van der Waals surface area contributed by atoms with E-state index in [-0.39, 0.29) is 19.4 Å². The van der Waals surface area contributed by atoms with Crippen LogP contribution in [0.3, 0.4) is 0 Å². The van der Waals surface area contributed by atoms with Crippen LogP contribution in [-0.2, 0) is 14.3 Å². The molecule has 0 saturated heterocycles. The molecule has 0 rings (SSSR count). The molecule has 0 aromatic heterocycles. The molecule has 0 bridgehead atoms. The molecule has 0 amide bonds. The Morgan fingerprint density at radius 1 is 1.32 bits per heavy atom. The molecule has 2 atom stereocenters. The van der Waals surface area contributed by atoms with Gasteiger partial charge in [-0.2, -0.15) is 0 Å². The lowest BCUT2D eigenvalue weighted by atomic mass is 10.0. The Hall–Kier alpha value is -1.59. The number of rotatable bonds is 6. The third-order valence-electron chi connectivity index (χ3n) is 2.43. The van der Waals surface area contributed by atoms with Crippen molar-refractivity contribution in [3.8, 4) is 24.2 Å². The standard InChI is InChI=1S/C14H18F2O3/c1-5-8-12(16)14(2,3)19-10-7-6-9-11(15)13(17)18-4/h1,11-12H,8-10H2,2-4H3. The van der Waals surface area contributed by atoms with Gasteiger partial charge in [0.15, 0.2) is 0 Å². The molecule has 19 heavy (non-hydrogen) atoms. The normalized spacial score (nSPS) is 13.7. The minimum atomic E-state index is -1.78. The molecule has 0 aliphatic carbocycles. The fourth-order valence-electron chi connectivity index (χ4n) is 1.09. The molecule has 0 spiro atoms. The maximum atomic E-state index is 13.5. The van der Waals surface area contributed by atoms with E-state index in [9.17, 15) is 13.6 Å². The maximum absolute atomic E-state index is 13.5. The van der Waals surface area contributed by atoms with Gasteiger partial charge in [-0.3, -0.25) is 0 Å². The largest absolute Gasteiger partial charge is 0.467 e. The second-order valence-electron chi connectivity index (χ2n) is 4.32. The van der Waals surface area contributed by atoms with Crippen molar-refractivity contribution >= 4 is 5.97 Å². The number of ether oxygens (including phenoxy) is 2. The minimum Gasteiger partial charge on any atom is -0.467 e. The number of halogens is 2. The second-order valence-corrected chi connectivity index (χ2v) is 4.32. The zero-order valence-electron chi connectivity index (χ0n) is 11.3. The van der Waals surface area contributed by atoms with E-state index < -0.39 is 23.9 Å². The van der Waals surface area contributed by atoms with Crippen molar-refractivity contribution in [1.29, 1.82) is 0 Å². The lowest BCUT2D eigenvalue weighted by molar-refractivity contribution is -0.146. The smallest absolute Gasteiger partial charge is 0.341 e. The average Bonchev–Trinajstić information content (AvgIpc) is 2.37. The second kappa shape index (κ2) is 8.50. The Morgan fingerprint density at radius 3 is 2.47 bits per heavy atom. The average molecular weight is 272 g/mol. The van der Waals surface area contributed by atoms with Gasteiger partial charge >= 0.3 is 5.97 Å². The van der Waals surface area contributed by atoms with E-state index in [2.05, 4.69) is 22.5 Å². The first-order valence-corrected chi connectivity index (χ1v) is 5.74. The molecule has 0 fully saturated rings. The van der Waals surface area contributed by atoms with Crippen LogP contribution in [0.5, 0.6) is 0 Å². The molecular formula is C14H18F2O3. The van der Waals surface area contributed by atoms with Crippen LogP contribution in [0, 0.1) is 24.2 Å². The van der Waals surface area contributed by atoms with Crippen LogP contribution in [0.1, 0.15) is 26.7 Å². The van der Waals surface area contributed by atoms with Gasteiger partial charge in [-0.25, -0.2) is 13.6 Å². The highest BCUT2D eigenvalue weighted by molar-refractivity contribution is 5.74. The van der Waals surface area contributed by atoms with Gasteiger partial charge < -0.3 is 9.47 Å². The Labute approximate surface area is 112 Å². The molecule has 0 radical (unpaired) electrons. The van der Waals surface area contributed by atoms with Gasteiger partial charge in [0.05, 0.1) is 19.1 Å². The van der Waals surface area contributed by atoms with Crippen molar-refractivity contribution < 1.29 is 23.0 Å². The zero-order chi connectivity index (χ0) is 14.9. The number of terminal acetylenes is 1. The lowest BCUT2D eigenvalue weighted by Crippen LogP contribution is -2.36. The number of alkyl halides is 2. The predicted octanol–water partition coefficient (Wildman–Crippen LogP) is 2.05. The molecule has 106 valence electrons. The molecule has 3 nitrogen and oxygen atoms in total. The summed E-state index contributed by atoms with van der Waals surface area (Å²) in [5, 5.41) is 0. The summed E-state index contributed by atoms with van der Waals surface area (Å²) in [6.45, 7) is 3.05. The summed E-state index contributed by atoms with van der Waals surface area (Å²) in [5.74, 6) is 6.19. The first-order valence-electron chi connectivity index (χ1n) is 5.74. The quantitative estimate of drug-likeness (QED) is 0.548. The monoisotopic (exact) mass is 272 g/mol. The summed E-state index contributed by atoms with van der Waals surface area (Å²) in [4.78, 5) is 10.7. The van der Waals surface area contributed by atoms with Crippen LogP contribution in [0.25, 0.3) is 0 Å². The molecule has 0 aliphatic heterocycles. The summed E-state index contributed by atoms with van der Waals surface area (Å²) in [6.07, 6.45) is 1.61. The van der Waals surface area contributed by atoms with Crippen LogP contribution in [0.4, 0.5) is 8.78 Å². The molecule has 2 unspecified atom stereocenters. The number of carbonyl (C=O) groups is 1. The highest BCUT2D eigenvalue weighted by Crippen LogP contribution is 2.20. The summed E-state index contributed by atoms with van der Waals surface area (Å²) in [6, 6.07) is 0. The minimum absolute atomic E-state index is 0.0463. The molecule has 0 aliphatic rings. The number of hydrogen-bond donors (Lipinski definition) is 0. The fourth-order valence-corrected chi connectivity index (χ4v) is 1.09. The molecule has 5 heteroatoms. The predicted molar refractivity (Wildman–Crippen MR) is 67.7 cm³/mol. The summed E-state index contributed by atoms with van der Waals surface area (Å²) in [7, 11) is 1.10. The molecule has 0 aromatic rings. The van der Waals surface area contributed by atoms with Crippen LogP contribution < -0.4 is 0 Å². The Kier molecular flexibility index (Phi) is 7.79. The van der Waals surface area contributed by atoms with Gasteiger partial charge in [-0.15, -0.1) is 12.3 Å². The third-order valence-corrected chi connectivity index (χ3v) is 2.43. The van der Waals surface area contributed by atoms with E-state index in [4.69, 9.17) is 11.2 Å². The van der Waals surface area contributed by atoms with Gasteiger partial charge in [0.25, 0.3) is 0 Å². The molecule has 0 saturated carbocycles. The molecular weight excluding hydrogens is 254 g/mol. The van der Waals surface area contributed by atoms with Crippen molar-refractivity contribution in [1.82, 2.24) is 0 Å². The van der Waals surface area contributed by atoms with Crippen molar-refractivity contribution in [3.05, 3.63) is 0 Å². The summed E-state index contributed by atoms with van der Waals surface area (Å²) in [5.41, 5.74) is -1.06. The van der Waals surface area contributed by atoms with Crippen LogP contribution in [0.2, 0.25) is 0 Å². The van der Waals surface area contributed by atoms with Gasteiger partial charge in [-0.1, -0.05) is 11.8 Å². The van der Waals surface area contributed by atoms with Gasteiger partial charge in [-0.05, 0) is 13.8 Å². The number of esters is 1. The molecule has 0 heterocycles. The Bertz CT molecular complexity index is 388. The number of carbonyl (C=O) groups excluding carboxylic acids is 1. The van der Waals surface area contributed by atoms with Gasteiger partial charge in [0, 0.05) is 6.42 Å². The summed E-state index contributed by atoms with van der Waals surface area (Å²) < 4.78 is 35.9. The van der Waals surface area contributed by atoms with E-state index >= 15 is 0 Å². The van der Waals surface area contributed by atoms with E-state index in [1.54, 1.807) is 13.8 Å². The topological polar surface area (TPSA) is 35.5 Å². The SMILES string of the molecule is C#CCC(F)C(C)(C)OCC#CCC(F)C(=O)OC. The molecule has 0 N–H and O–H groups in total. The van der Waals surface area contributed by atoms with Crippen molar-refractivity contribution in [2.45, 2.75) is 44.6 Å². The highest BCUT2D eigenvalue weighted by Gasteiger charge is 2.29. The summed E-state index contributed by atoms with van der Waals surface area (Å²) >= 11 is 0. The number of hydrogen-bond acceptors (Lipinski definition) is 3. The first-order chi connectivity index (χ1) is 8.85. The first kappa shape index (κ1) is 17.4.